The molecule has 1 fully saturated rings. The molecule has 0 bridgehead atoms. The van der Waals surface area contributed by atoms with Crippen molar-refractivity contribution in [3.63, 3.8) is 0 Å². The van der Waals surface area contributed by atoms with Crippen molar-refractivity contribution in [3.8, 4) is 0 Å². The Bertz CT molecular complexity index is 535. The van der Waals surface area contributed by atoms with E-state index >= 15 is 0 Å². The van der Waals surface area contributed by atoms with Gasteiger partial charge in [-0.25, -0.2) is 0 Å². The maximum atomic E-state index is 4.24. The quantitative estimate of drug-likeness (QED) is 0.888. The van der Waals surface area contributed by atoms with E-state index in [-0.39, 0.29) is 0 Å². The molecule has 0 amide bonds. The van der Waals surface area contributed by atoms with Crippen LogP contribution in [0.15, 0.2) is 30.5 Å². The van der Waals surface area contributed by atoms with Gasteiger partial charge in [-0.05, 0) is 24.7 Å². The number of hydrogen-bond acceptors (Lipinski definition) is 3. The molecule has 3 heteroatoms. The molecule has 1 aromatic heterocycles. The van der Waals surface area contributed by atoms with Gasteiger partial charge in [0.25, 0.3) is 0 Å². The van der Waals surface area contributed by atoms with Crippen molar-refractivity contribution in [3.05, 3.63) is 30.5 Å². The zero-order chi connectivity index (χ0) is 12.4. The van der Waals surface area contributed by atoms with Crippen LogP contribution in [0.5, 0.6) is 0 Å². The summed E-state index contributed by atoms with van der Waals surface area (Å²) in [6.45, 7) is 3.31. The van der Waals surface area contributed by atoms with Gasteiger partial charge in [0.15, 0.2) is 5.82 Å². The Morgan fingerprint density at radius 3 is 2.83 bits per heavy atom. The summed E-state index contributed by atoms with van der Waals surface area (Å²) in [6, 6.07) is 8.27. The Labute approximate surface area is 108 Å². The third-order valence-corrected chi connectivity index (χ3v) is 4.37. The van der Waals surface area contributed by atoms with Crippen LogP contribution in [0.2, 0.25) is 0 Å². The summed E-state index contributed by atoms with van der Waals surface area (Å²) >= 11 is 0. The SMILES string of the molecule is CCC1(CNc2nncc3ccccc23)CCC1. The minimum absolute atomic E-state index is 0.499. The first-order valence-corrected chi connectivity index (χ1v) is 6.77. The fourth-order valence-corrected chi connectivity index (χ4v) is 2.76. The van der Waals surface area contributed by atoms with E-state index in [1.807, 2.05) is 18.3 Å². The van der Waals surface area contributed by atoms with Crippen molar-refractivity contribution >= 4 is 16.6 Å². The van der Waals surface area contributed by atoms with Gasteiger partial charge in [-0.2, -0.15) is 5.10 Å². The molecule has 0 aliphatic heterocycles. The fourth-order valence-electron chi connectivity index (χ4n) is 2.76. The van der Waals surface area contributed by atoms with Crippen molar-refractivity contribution < 1.29 is 0 Å². The summed E-state index contributed by atoms with van der Waals surface area (Å²) in [7, 11) is 0. The third kappa shape index (κ3) is 1.94. The molecule has 3 rings (SSSR count). The van der Waals surface area contributed by atoms with Gasteiger partial charge < -0.3 is 5.32 Å². The Morgan fingerprint density at radius 1 is 1.28 bits per heavy atom. The molecule has 0 unspecified atom stereocenters. The minimum atomic E-state index is 0.499. The molecule has 1 saturated carbocycles. The predicted molar refractivity (Wildman–Crippen MR) is 74.6 cm³/mol. The minimum Gasteiger partial charge on any atom is -0.368 e. The van der Waals surface area contributed by atoms with E-state index in [1.54, 1.807) is 0 Å². The fraction of sp³-hybridized carbons (Fsp3) is 0.467. The number of benzene rings is 1. The molecule has 1 aliphatic rings. The lowest BCUT2D eigenvalue weighted by Gasteiger charge is -2.41. The first-order chi connectivity index (χ1) is 8.83. The van der Waals surface area contributed by atoms with Crippen LogP contribution in [0.1, 0.15) is 32.6 Å². The molecule has 1 heterocycles. The smallest absolute Gasteiger partial charge is 0.156 e. The summed E-state index contributed by atoms with van der Waals surface area (Å²) in [4.78, 5) is 0. The number of anilines is 1. The van der Waals surface area contributed by atoms with E-state index in [1.165, 1.54) is 25.7 Å². The van der Waals surface area contributed by atoms with Crippen LogP contribution in [0.4, 0.5) is 5.82 Å². The lowest BCUT2D eigenvalue weighted by atomic mass is 9.67. The first-order valence-electron chi connectivity index (χ1n) is 6.77. The summed E-state index contributed by atoms with van der Waals surface area (Å²) < 4.78 is 0. The van der Waals surface area contributed by atoms with Gasteiger partial charge >= 0.3 is 0 Å². The standard InChI is InChI=1S/C15H19N3/c1-2-15(8-5-9-15)11-16-14-13-7-4-3-6-12(13)10-17-18-14/h3-4,6-7,10H,2,5,8-9,11H2,1H3,(H,16,18). The zero-order valence-electron chi connectivity index (χ0n) is 10.8. The van der Waals surface area contributed by atoms with Gasteiger partial charge in [-0.15, -0.1) is 5.10 Å². The highest BCUT2D eigenvalue weighted by Crippen LogP contribution is 2.43. The molecular formula is C15H19N3. The van der Waals surface area contributed by atoms with Crippen molar-refractivity contribution in [1.29, 1.82) is 0 Å². The Kier molecular flexibility index (Phi) is 2.90. The second-order valence-electron chi connectivity index (χ2n) is 5.34. The molecule has 0 radical (unpaired) electrons. The van der Waals surface area contributed by atoms with Gasteiger partial charge in [0.1, 0.15) is 0 Å². The molecule has 0 saturated heterocycles. The second-order valence-corrected chi connectivity index (χ2v) is 5.34. The maximum absolute atomic E-state index is 4.24. The number of nitrogens with zero attached hydrogens (tertiary/aromatic N) is 2. The average molecular weight is 241 g/mol. The number of aromatic nitrogens is 2. The van der Waals surface area contributed by atoms with Gasteiger partial charge in [0, 0.05) is 17.3 Å². The Balaban J connectivity index is 1.82. The highest BCUT2D eigenvalue weighted by molar-refractivity contribution is 5.90. The topological polar surface area (TPSA) is 37.8 Å². The van der Waals surface area contributed by atoms with Crippen LogP contribution in [-0.4, -0.2) is 16.7 Å². The van der Waals surface area contributed by atoms with Gasteiger partial charge in [-0.3, -0.25) is 0 Å². The zero-order valence-corrected chi connectivity index (χ0v) is 10.8. The van der Waals surface area contributed by atoms with Crippen LogP contribution < -0.4 is 5.32 Å². The largest absolute Gasteiger partial charge is 0.368 e. The number of rotatable bonds is 4. The Morgan fingerprint density at radius 2 is 2.11 bits per heavy atom. The summed E-state index contributed by atoms with van der Waals surface area (Å²) in [5.74, 6) is 0.924. The van der Waals surface area contributed by atoms with Crippen LogP contribution >= 0.6 is 0 Å². The van der Waals surface area contributed by atoms with E-state index in [4.69, 9.17) is 0 Å². The summed E-state index contributed by atoms with van der Waals surface area (Å²) in [5, 5.41) is 14.1. The first kappa shape index (κ1) is 11.5. The highest BCUT2D eigenvalue weighted by Gasteiger charge is 2.34. The molecule has 1 N–H and O–H groups in total. The molecule has 94 valence electrons. The van der Waals surface area contributed by atoms with E-state index in [0.29, 0.717) is 5.41 Å². The van der Waals surface area contributed by atoms with Crippen LogP contribution in [0.3, 0.4) is 0 Å². The molecule has 2 aromatic rings. The van der Waals surface area contributed by atoms with Gasteiger partial charge in [0.05, 0.1) is 6.20 Å². The second kappa shape index (κ2) is 4.56. The van der Waals surface area contributed by atoms with Crippen molar-refractivity contribution in [2.45, 2.75) is 32.6 Å². The van der Waals surface area contributed by atoms with E-state index in [9.17, 15) is 0 Å². The lowest BCUT2D eigenvalue weighted by Crippen LogP contribution is -2.36. The van der Waals surface area contributed by atoms with E-state index in [2.05, 4.69) is 34.6 Å². The molecule has 3 nitrogen and oxygen atoms in total. The summed E-state index contributed by atoms with van der Waals surface area (Å²) in [5.41, 5.74) is 0.499. The van der Waals surface area contributed by atoms with Crippen LogP contribution in [0.25, 0.3) is 10.8 Å². The maximum Gasteiger partial charge on any atom is 0.156 e. The molecule has 0 spiro atoms. The normalized spacial score (nSPS) is 17.4. The highest BCUT2D eigenvalue weighted by atomic mass is 15.2. The monoisotopic (exact) mass is 241 g/mol. The van der Waals surface area contributed by atoms with Crippen molar-refractivity contribution in [2.24, 2.45) is 5.41 Å². The molecule has 0 atom stereocenters. The van der Waals surface area contributed by atoms with E-state index < -0.39 is 0 Å². The van der Waals surface area contributed by atoms with Crippen LogP contribution in [0, 0.1) is 5.41 Å². The predicted octanol–water partition coefficient (Wildman–Crippen LogP) is 3.62. The summed E-state index contributed by atoms with van der Waals surface area (Å²) in [6.07, 6.45) is 7.12. The van der Waals surface area contributed by atoms with E-state index in [0.717, 1.165) is 23.1 Å². The van der Waals surface area contributed by atoms with Gasteiger partial charge in [0.2, 0.25) is 0 Å². The van der Waals surface area contributed by atoms with Crippen molar-refractivity contribution in [2.75, 3.05) is 11.9 Å². The molecule has 1 aromatic carbocycles. The third-order valence-electron chi connectivity index (χ3n) is 4.37. The Hall–Kier alpha value is -1.64. The van der Waals surface area contributed by atoms with Crippen LogP contribution in [-0.2, 0) is 0 Å². The van der Waals surface area contributed by atoms with Gasteiger partial charge in [-0.1, -0.05) is 37.6 Å². The molecular weight excluding hydrogens is 222 g/mol. The molecule has 18 heavy (non-hydrogen) atoms. The van der Waals surface area contributed by atoms with Crippen molar-refractivity contribution in [1.82, 2.24) is 10.2 Å². The lowest BCUT2D eigenvalue weighted by molar-refractivity contribution is 0.145. The molecule has 1 aliphatic carbocycles. The number of fused-ring (bicyclic) bond motifs is 1. The number of hydrogen-bond donors (Lipinski definition) is 1. The number of nitrogens with one attached hydrogen (secondary N) is 1. The average Bonchev–Trinajstić information content (AvgIpc) is 2.38.